The van der Waals surface area contributed by atoms with Gasteiger partial charge in [0.25, 0.3) is 21.3 Å². The predicted molar refractivity (Wildman–Crippen MR) is 91.0 cm³/mol. The molecule has 0 aromatic heterocycles. The van der Waals surface area contributed by atoms with Crippen molar-refractivity contribution in [2.75, 3.05) is 6.61 Å². The first-order valence-corrected chi connectivity index (χ1v) is 12.4. The second-order valence-corrected chi connectivity index (χ2v) is 10.4. The summed E-state index contributed by atoms with van der Waals surface area (Å²) in [5.41, 5.74) is -0.422. The molecule has 176 valence electrons. The van der Waals surface area contributed by atoms with Gasteiger partial charge in [-0.15, -0.1) is 0 Å². The molecule has 1 fully saturated rings. The standard InChI is InChI=1S/C12H18NO15P3/c1-7-11(14)12(15)10(25-7)6-24-29(18,19)27-31(22,23)28-30(20,21)26-9-4-2-8(3-5-9)13(16)17/h2-5,7,10-12,14-15H,6H2,1H3,(H,18,19)(H,20,21)(H,22,23)/p-3. The largest absolute Gasteiger partial charge is 0.756 e. The second kappa shape index (κ2) is 9.71. The van der Waals surface area contributed by atoms with Crippen LogP contribution in [0.5, 0.6) is 5.75 Å². The number of non-ortho nitro benzene ring substituents is 1. The smallest absolute Gasteiger partial charge is 0.326 e. The van der Waals surface area contributed by atoms with Gasteiger partial charge in [-0.25, -0.2) is 8.62 Å². The highest BCUT2D eigenvalue weighted by atomic mass is 31.3. The van der Waals surface area contributed by atoms with Crippen molar-refractivity contribution in [1.29, 1.82) is 0 Å². The quantitative estimate of drug-likeness (QED) is 0.218. The Labute approximate surface area is 173 Å². The summed E-state index contributed by atoms with van der Waals surface area (Å²) >= 11 is 0. The molecule has 19 heteroatoms. The Balaban J connectivity index is 1.95. The number of benzene rings is 1. The molecule has 7 unspecified atom stereocenters. The Hall–Kier alpha value is -1.25. The van der Waals surface area contributed by atoms with Crippen LogP contribution < -0.4 is 19.2 Å². The lowest BCUT2D eigenvalue weighted by atomic mass is 10.1. The number of rotatable bonds is 10. The van der Waals surface area contributed by atoms with Crippen LogP contribution in [0.3, 0.4) is 0 Å². The summed E-state index contributed by atoms with van der Waals surface area (Å²) < 4.78 is 55.7. The van der Waals surface area contributed by atoms with Crippen molar-refractivity contribution in [2.24, 2.45) is 0 Å². The molecule has 1 saturated heterocycles. The zero-order valence-corrected chi connectivity index (χ0v) is 18.0. The van der Waals surface area contributed by atoms with Crippen LogP contribution in [-0.4, -0.2) is 46.2 Å². The number of phosphoric acid groups is 3. The highest BCUT2D eigenvalue weighted by Gasteiger charge is 2.41. The first kappa shape index (κ1) is 26.0. The van der Waals surface area contributed by atoms with Gasteiger partial charge in [0, 0.05) is 12.1 Å². The Morgan fingerprint density at radius 2 is 1.55 bits per heavy atom. The summed E-state index contributed by atoms with van der Waals surface area (Å²) in [5.74, 6) is -0.578. The van der Waals surface area contributed by atoms with Crippen molar-refractivity contribution in [2.45, 2.75) is 31.3 Å². The van der Waals surface area contributed by atoms with Crippen molar-refractivity contribution < 1.29 is 65.9 Å². The van der Waals surface area contributed by atoms with E-state index in [2.05, 4.69) is 17.7 Å². The average Bonchev–Trinajstić information content (AvgIpc) is 2.85. The van der Waals surface area contributed by atoms with Crippen molar-refractivity contribution in [3.8, 4) is 5.75 Å². The number of hydrogen-bond acceptors (Lipinski definition) is 15. The van der Waals surface area contributed by atoms with Crippen LogP contribution >= 0.6 is 23.5 Å². The molecule has 31 heavy (non-hydrogen) atoms. The summed E-state index contributed by atoms with van der Waals surface area (Å²) in [6, 6.07) is 3.32. The maximum atomic E-state index is 11.7. The Bertz CT molecular complexity index is 938. The molecule has 0 radical (unpaired) electrons. The Morgan fingerprint density at radius 3 is 2.03 bits per heavy atom. The van der Waals surface area contributed by atoms with Crippen LogP contribution in [0.2, 0.25) is 0 Å². The van der Waals surface area contributed by atoms with Crippen LogP contribution in [-0.2, 0) is 31.6 Å². The van der Waals surface area contributed by atoms with E-state index in [4.69, 9.17) is 4.74 Å². The number of phosphoric ester groups is 2. The van der Waals surface area contributed by atoms with Gasteiger partial charge in [-0.1, -0.05) is 0 Å². The molecule has 1 aromatic carbocycles. The Morgan fingerprint density at radius 1 is 1.00 bits per heavy atom. The summed E-state index contributed by atoms with van der Waals surface area (Å²) in [4.78, 5) is 44.7. The molecule has 1 aliphatic rings. The monoisotopic (exact) mass is 506 g/mol. The van der Waals surface area contributed by atoms with Crippen molar-refractivity contribution >= 4 is 29.2 Å². The summed E-state index contributed by atoms with van der Waals surface area (Å²) in [5, 5.41) is 29.7. The molecule has 16 nitrogen and oxygen atoms in total. The zero-order chi connectivity index (χ0) is 23.6. The van der Waals surface area contributed by atoms with E-state index in [1.54, 1.807) is 0 Å². The lowest BCUT2D eigenvalue weighted by molar-refractivity contribution is -0.384. The predicted octanol–water partition coefficient (Wildman–Crippen LogP) is -1.06. The number of nitro benzene ring substituents is 1. The zero-order valence-electron chi connectivity index (χ0n) is 15.3. The first-order valence-electron chi connectivity index (χ1n) is 8.07. The van der Waals surface area contributed by atoms with Crippen LogP contribution in [0.25, 0.3) is 0 Å². The number of ether oxygens (including phenoxy) is 1. The average molecular weight is 506 g/mol. The van der Waals surface area contributed by atoms with Crippen LogP contribution in [0.15, 0.2) is 24.3 Å². The molecule has 0 amide bonds. The number of aliphatic hydroxyl groups excluding tert-OH is 2. The van der Waals surface area contributed by atoms with Gasteiger partial charge in [0.2, 0.25) is 0 Å². The topological polar surface area (TPSA) is 250 Å². The molecule has 1 aliphatic heterocycles. The molecular formula is C12H15NO15P3-3. The van der Waals surface area contributed by atoms with Gasteiger partial charge in [-0.2, -0.15) is 0 Å². The summed E-state index contributed by atoms with van der Waals surface area (Å²) in [7, 11) is -17.6. The number of nitrogens with zero attached hydrogens (tertiary/aromatic N) is 1. The van der Waals surface area contributed by atoms with E-state index in [1.807, 2.05) is 0 Å². The van der Waals surface area contributed by atoms with Gasteiger partial charge in [0.1, 0.15) is 24.1 Å². The van der Waals surface area contributed by atoms with Crippen molar-refractivity contribution in [3.05, 3.63) is 34.4 Å². The van der Waals surface area contributed by atoms with Gasteiger partial charge in [0.15, 0.2) is 0 Å². The van der Waals surface area contributed by atoms with Gasteiger partial charge in [-0.05, 0) is 19.1 Å². The minimum absolute atomic E-state index is 0.422. The SMILES string of the molecule is CC1OC(COP(=O)([O-])OP(=O)([O-])OP(=O)([O-])Oc2ccc([N+](=O)[O-])cc2)C(O)C1O. The van der Waals surface area contributed by atoms with E-state index in [0.29, 0.717) is 0 Å². The maximum Gasteiger partial charge on any atom is 0.326 e. The minimum Gasteiger partial charge on any atom is -0.756 e. The highest BCUT2D eigenvalue weighted by Crippen LogP contribution is 2.62. The maximum absolute atomic E-state index is 11.7. The van der Waals surface area contributed by atoms with Crippen molar-refractivity contribution in [3.63, 3.8) is 0 Å². The third kappa shape index (κ3) is 7.68. The number of aliphatic hydroxyl groups is 2. The van der Waals surface area contributed by atoms with Gasteiger partial charge in [0.05, 0.1) is 17.6 Å². The van der Waals surface area contributed by atoms with Crippen LogP contribution in [0.4, 0.5) is 5.69 Å². The minimum atomic E-state index is -6.11. The van der Waals surface area contributed by atoms with Gasteiger partial charge in [-0.3, -0.25) is 23.8 Å². The molecule has 1 aromatic rings. The lowest BCUT2D eigenvalue weighted by Gasteiger charge is -2.34. The normalized spacial score (nSPS) is 29.5. The highest BCUT2D eigenvalue weighted by molar-refractivity contribution is 7.65. The molecular weight excluding hydrogens is 491 g/mol. The van der Waals surface area contributed by atoms with Gasteiger partial charge >= 0.3 is 7.82 Å². The van der Waals surface area contributed by atoms with Crippen molar-refractivity contribution in [1.82, 2.24) is 0 Å². The van der Waals surface area contributed by atoms with Crippen LogP contribution in [0.1, 0.15) is 6.92 Å². The molecule has 1 heterocycles. The molecule has 7 atom stereocenters. The fraction of sp³-hybridized carbons (Fsp3) is 0.500. The van der Waals surface area contributed by atoms with Crippen LogP contribution in [0, 0.1) is 10.1 Å². The summed E-state index contributed by atoms with van der Waals surface area (Å²) in [6.45, 7) is 0.412. The number of hydrogen-bond donors (Lipinski definition) is 2. The lowest BCUT2D eigenvalue weighted by Crippen LogP contribution is -2.34. The third-order valence-electron chi connectivity index (χ3n) is 3.66. The molecule has 2 N–H and O–H groups in total. The third-order valence-corrected chi connectivity index (χ3v) is 7.76. The van der Waals surface area contributed by atoms with E-state index >= 15 is 0 Å². The summed E-state index contributed by atoms with van der Waals surface area (Å²) in [6.07, 6.45) is -5.11. The fourth-order valence-corrected chi connectivity index (χ4v) is 5.67. The molecule has 2 rings (SSSR count). The van der Waals surface area contributed by atoms with E-state index < -0.39 is 70.9 Å². The first-order chi connectivity index (χ1) is 14.1. The molecule has 0 spiro atoms. The molecule has 0 aliphatic carbocycles. The second-order valence-electron chi connectivity index (χ2n) is 6.00. The van der Waals surface area contributed by atoms with E-state index in [9.17, 15) is 48.7 Å². The number of nitro groups is 1. The fourth-order valence-electron chi connectivity index (χ4n) is 2.29. The van der Waals surface area contributed by atoms with E-state index in [1.165, 1.54) is 6.92 Å². The Kier molecular flexibility index (Phi) is 8.15. The van der Waals surface area contributed by atoms with E-state index in [-0.39, 0.29) is 0 Å². The van der Waals surface area contributed by atoms with Gasteiger partial charge < -0.3 is 38.7 Å². The molecule has 0 bridgehead atoms. The molecule has 0 saturated carbocycles. The van der Waals surface area contributed by atoms with E-state index in [0.717, 1.165) is 24.3 Å².